The van der Waals surface area contributed by atoms with E-state index in [-0.39, 0.29) is 50.0 Å². The quantitative estimate of drug-likeness (QED) is 0.176. The van der Waals surface area contributed by atoms with Crippen LogP contribution in [0, 0.1) is 5.41 Å². The number of hydrogen-bond acceptors (Lipinski definition) is 9. The molecule has 0 rings (SSSR count). The molecule has 0 aromatic carbocycles. The molecular weight excluding hydrogens is 390 g/mol. The Morgan fingerprint density at radius 3 is 2.36 bits per heavy atom. The van der Waals surface area contributed by atoms with Gasteiger partial charge in [0.25, 0.3) is 0 Å². The van der Waals surface area contributed by atoms with Gasteiger partial charge in [-0.25, -0.2) is 0 Å². The zero-order chi connectivity index (χ0) is 21.7. The van der Waals surface area contributed by atoms with Gasteiger partial charge in [0, 0.05) is 37.1 Å². The summed E-state index contributed by atoms with van der Waals surface area (Å²) in [5.74, 6) is -1.08. The molecule has 0 saturated heterocycles. The molecule has 0 saturated carbocycles. The van der Waals surface area contributed by atoms with E-state index in [1.54, 1.807) is 13.8 Å². The molecule has 0 aromatic heterocycles. The highest BCUT2D eigenvalue weighted by Crippen LogP contribution is 2.19. The molecule has 28 heavy (non-hydrogen) atoms. The number of carbonyl (C=O) groups is 4. The predicted octanol–water partition coefficient (Wildman–Crippen LogP) is -1.47. The van der Waals surface area contributed by atoms with Gasteiger partial charge in [0.2, 0.25) is 16.9 Å². The van der Waals surface area contributed by atoms with Crippen LogP contribution in [0.15, 0.2) is 0 Å². The molecular formula is C17H31N3O7S. The fourth-order valence-electron chi connectivity index (χ4n) is 1.87. The van der Waals surface area contributed by atoms with Gasteiger partial charge in [0.1, 0.15) is 6.10 Å². The number of aliphatic hydroxyl groups is 2. The lowest BCUT2D eigenvalue weighted by Crippen LogP contribution is -2.46. The summed E-state index contributed by atoms with van der Waals surface area (Å²) in [5.41, 5.74) is 4.70. The number of rotatable bonds is 13. The lowest BCUT2D eigenvalue weighted by Gasteiger charge is -2.27. The molecule has 0 aromatic rings. The van der Waals surface area contributed by atoms with Gasteiger partial charge < -0.3 is 31.3 Å². The number of methoxy groups -OCH3 is 1. The van der Waals surface area contributed by atoms with Crippen molar-refractivity contribution in [2.45, 2.75) is 45.3 Å². The van der Waals surface area contributed by atoms with Gasteiger partial charge in [0.15, 0.2) is 0 Å². The van der Waals surface area contributed by atoms with Crippen LogP contribution in [0.3, 0.4) is 0 Å². The summed E-state index contributed by atoms with van der Waals surface area (Å²) in [4.78, 5) is 46.3. The third-order valence-corrected chi connectivity index (χ3v) is 4.90. The van der Waals surface area contributed by atoms with E-state index >= 15 is 0 Å². The molecule has 0 unspecified atom stereocenters. The van der Waals surface area contributed by atoms with Crippen LogP contribution in [0.2, 0.25) is 0 Å². The second-order valence-electron chi connectivity index (χ2n) is 6.83. The van der Waals surface area contributed by atoms with Gasteiger partial charge in [-0.15, -0.1) is 0 Å². The smallest absolute Gasteiger partial charge is 0.305 e. The van der Waals surface area contributed by atoms with E-state index < -0.39 is 29.4 Å². The highest BCUT2D eigenvalue weighted by Gasteiger charge is 2.32. The van der Waals surface area contributed by atoms with Gasteiger partial charge in [-0.2, -0.15) is 0 Å². The number of esters is 1. The minimum atomic E-state index is -1.38. The van der Waals surface area contributed by atoms with Crippen molar-refractivity contribution in [3.8, 4) is 0 Å². The summed E-state index contributed by atoms with van der Waals surface area (Å²) in [5, 5.41) is 23.7. The Kier molecular flexibility index (Phi) is 12.7. The van der Waals surface area contributed by atoms with E-state index in [0.717, 1.165) is 11.8 Å². The first-order chi connectivity index (χ1) is 13.0. The van der Waals surface area contributed by atoms with Crippen LogP contribution in [0.5, 0.6) is 0 Å². The second-order valence-corrected chi connectivity index (χ2v) is 7.93. The Morgan fingerprint density at radius 2 is 1.79 bits per heavy atom. The summed E-state index contributed by atoms with van der Waals surface area (Å²) in [6.45, 7) is 3.01. The van der Waals surface area contributed by atoms with E-state index in [1.165, 1.54) is 7.11 Å². The number of thioether (sulfide) groups is 1. The first-order valence-corrected chi connectivity index (χ1v) is 9.86. The van der Waals surface area contributed by atoms with Crippen molar-refractivity contribution in [1.29, 1.82) is 0 Å². The van der Waals surface area contributed by atoms with Crippen LogP contribution in [0.4, 0.5) is 0 Å². The molecule has 6 N–H and O–H groups in total. The zero-order valence-electron chi connectivity index (χ0n) is 16.5. The van der Waals surface area contributed by atoms with Crippen molar-refractivity contribution in [3.05, 3.63) is 0 Å². The van der Waals surface area contributed by atoms with Crippen LogP contribution in [-0.4, -0.2) is 77.8 Å². The van der Waals surface area contributed by atoms with E-state index in [0.29, 0.717) is 5.75 Å². The van der Waals surface area contributed by atoms with Crippen molar-refractivity contribution in [3.63, 3.8) is 0 Å². The molecule has 0 bridgehead atoms. The zero-order valence-corrected chi connectivity index (χ0v) is 17.3. The van der Waals surface area contributed by atoms with Crippen LogP contribution in [-0.2, 0) is 23.9 Å². The van der Waals surface area contributed by atoms with Gasteiger partial charge in [-0.05, 0) is 6.42 Å². The molecule has 10 nitrogen and oxygen atoms in total. The topological polar surface area (TPSA) is 168 Å². The summed E-state index contributed by atoms with van der Waals surface area (Å²) in [7, 11) is 1.26. The number of carbonyl (C=O) groups excluding carboxylic acids is 4. The van der Waals surface area contributed by atoms with Gasteiger partial charge >= 0.3 is 5.97 Å². The molecule has 0 aliphatic carbocycles. The Bertz CT molecular complexity index is 543. The average Bonchev–Trinajstić information content (AvgIpc) is 2.67. The minimum Gasteiger partial charge on any atom is -0.469 e. The van der Waals surface area contributed by atoms with E-state index in [9.17, 15) is 24.3 Å². The number of nitrogens with two attached hydrogens (primary N) is 1. The molecule has 0 heterocycles. The number of ether oxygens (including phenoxy) is 1. The summed E-state index contributed by atoms with van der Waals surface area (Å²) >= 11 is 0.966. The van der Waals surface area contributed by atoms with Crippen molar-refractivity contribution in [2.24, 2.45) is 11.1 Å². The highest BCUT2D eigenvalue weighted by atomic mass is 32.2. The van der Waals surface area contributed by atoms with Gasteiger partial charge in [-0.3, -0.25) is 19.2 Å². The van der Waals surface area contributed by atoms with Crippen molar-refractivity contribution >= 4 is 34.7 Å². The van der Waals surface area contributed by atoms with Crippen molar-refractivity contribution in [1.82, 2.24) is 10.6 Å². The maximum Gasteiger partial charge on any atom is 0.305 e. The van der Waals surface area contributed by atoms with Crippen LogP contribution in [0.25, 0.3) is 0 Å². The molecule has 0 spiro atoms. The highest BCUT2D eigenvalue weighted by molar-refractivity contribution is 8.13. The lowest BCUT2D eigenvalue weighted by atomic mass is 9.87. The number of aliphatic hydroxyl groups excluding tert-OH is 2. The molecule has 0 aliphatic rings. The Hall–Kier alpha value is -1.69. The number of hydrogen-bond donors (Lipinski definition) is 5. The molecule has 0 radical (unpaired) electrons. The monoisotopic (exact) mass is 421 g/mol. The van der Waals surface area contributed by atoms with Crippen LogP contribution < -0.4 is 16.4 Å². The normalized spacial score (nSPS) is 13.4. The van der Waals surface area contributed by atoms with E-state index in [4.69, 9.17) is 10.8 Å². The maximum absolute atomic E-state index is 11.8. The third-order valence-electron chi connectivity index (χ3n) is 3.91. The maximum atomic E-state index is 11.8. The van der Waals surface area contributed by atoms with Crippen LogP contribution in [0.1, 0.15) is 33.1 Å². The molecule has 11 heteroatoms. The largest absolute Gasteiger partial charge is 0.469 e. The standard InChI is InChI=1S/C17H31N3O7S/c1-17(2,10-21)14(24)15(25)20-7-6-12(22)19-8-9-28-16(26)11(18)4-5-13(23)27-3/h11,14,21,24H,4-10,18H2,1-3H3,(H,19,22)(H,20,25)/t11-,14-/m0/s1. The molecule has 0 fully saturated rings. The fourth-order valence-corrected chi connectivity index (χ4v) is 2.61. The Balaban J connectivity index is 3.92. The molecule has 0 aliphatic heterocycles. The molecule has 162 valence electrons. The summed E-state index contributed by atoms with van der Waals surface area (Å²) in [6.07, 6.45) is -1.11. The fraction of sp³-hybridized carbons (Fsp3) is 0.765. The Labute approximate surface area is 168 Å². The predicted molar refractivity (Wildman–Crippen MR) is 104 cm³/mol. The van der Waals surface area contributed by atoms with Crippen LogP contribution >= 0.6 is 11.8 Å². The van der Waals surface area contributed by atoms with Crippen molar-refractivity contribution < 1.29 is 34.1 Å². The summed E-state index contributed by atoms with van der Waals surface area (Å²) < 4.78 is 4.48. The molecule has 2 atom stereocenters. The van der Waals surface area contributed by atoms with E-state index in [2.05, 4.69) is 15.4 Å². The Morgan fingerprint density at radius 1 is 1.14 bits per heavy atom. The first kappa shape index (κ1) is 26.3. The van der Waals surface area contributed by atoms with Crippen molar-refractivity contribution in [2.75, 3.05) is 32.6 Å². The molecule has 2 amide bonds. The SMILES string of the molecule is COC(=O)CC[C@H](N)C(=O)SCCNC(=O)CCNC(=O)[C@H](O)C(C)(C)CO. The second kappa shape index (κ2) is 13.5. The number of amides is 2. The number of nitrogens with one attached hydrogen (secondary N) is 2. The third kappa shape index (κ3) is 10.6. The van der Waals surface area contributed by atoms with Gasteiger partial charge in [0.05, 0.1) is 19.8 Å². The van der Waals surface area contributed by atoms with Gasteiger partial charge in [-0.1, -0.05) is 25.6 Å². The average molecular weight is 422 g/mol. The van der Waals surface area contributed by atoms with E-state index in [1.807, 2.05) is 0 Å². The first-order valence-electron chi connectivity index (χ1n) is 8.87. The summed E-state index contributed by atoms with van der Waals surface area (Å²) in [6, 6.07) is -0.774. The lowest BCUT2D eigenvalue weighted by molar-refractivity contribution is -0.141. The minimum absolute atomic E-state index is 0.00920.